The first-order chi connectivity index (χ1) is 14.0. The average molecular weight is 406 g/mol. The molecule has 5 atom stereocenters. The van der Waals surface area contributed by atoms with E-state index in [9.17, 15) is 19.7 Å². The van der Waals surface area contributed by atoms with E-state index < -0.39 is 37.1 Å². The molecule has 1 fully saturated rings. The van der Waals surface area contributed by atoms with Crippen molar-refractivity contribution in [2.45, 2.75) is 43.9 Å². The molecule has 3 N–H and O–H groups in total. The Labute approximate surface area is 169 Å². The number of halogens is 1. The highest BCUT2D eigenvalue weighted by atomic mass is 19.1. The maximum absolute atomic E-state index is 14.4. The predicted molar refractivity (Wildman–Crippen MR) is 104 cm³/mol. The van der Waals surface area contributed by atoms with Crippen molar-refractivity contribution in [3.63, 3.8) is 0 Å². The first-order valence-corrected chi connectivity index (χ1v) is 9.63. The van der Waals surface area contributed by atoms with E-state index in [2.05, 4.69) is 0 Å². The fraction of sp³-hybridized carbons (Fsp3) is 0.455. The molecule has 6 nitrogen and oxygen atoms in total. The van der Waals surface area contributed by atoms with E-state index in [1.54, 1.807) is 6.07 Å². The van der Waals surface area contributed by atoms with Crippen molar-refractivity contribution in [3.05, 3.63) is 65.0 Å². The molecule has 2 aromatic carbocycles. The first kappa shape index (κ1) is 21.7. The summed E-state index contributed by atoms with van der Waals surface area (Å²) in [4.78, 5) is 0. The Morgan fingerprint density at radius 3 is 2.41 bits per heavy atom. The highest BCUT2D eigenvalue weighted by Gasteiger charge is 2.45. The zero-order chi connectivity index (χ0) is 21.0. The highest BCUT2D eigenvalue weighted by molar-refractivity contribution is 5.35. The minimum atomic E-state index is -1.17. The molecule has 1 aliphatic rings. The van der Waals surface area contributed by atoms with E-state index in [1.807, 2.05) is 31.2 Å². The van der Waals surface area contributed by atoms with Crippen LogP contribution in [0.2, 0.25) is 0 Å². The second-order valence-corrected chi connectivity index (χ2v) is 7.06. The molecule has 1 saturated heterocycles. The summed E-state index contributed by atoms with van der Waals surface area (Å²) in [5.41, 5.74) is 1.91. The molecule has 0 spiro atoms. The molecule has 29 heavy (non-hydrogen) atoms. The Morgan fingerprint density at radius 2 is 1.79 bits per heavy atom. The van der Waals surface area contributed by atoms with Gasteiger partial charge in [-0.1, -0.05) is 18.2 Å². The molecule has 0 radical (unpaired) electrons. The van der Waals surface area contributed by atoms with Gasteiger partial charge in [-0.05, 0) is 47.9 Å². The molecule has 7 heteroatoms. The van der Waals surface area contributed by atoms with Crippen molar-refractivity contribution in [3.8, 4) is 5.75 Å². The van der Waals surface area contributed by atoms with E-state index in [0.717, 1.165) is 11.3 Å². The Morgan fingerprint density at radius 1 is 1.07 bits per heavy atom. The summed E-state index contributed by atoms with van der Waals surface area (Å²) in [5.74, 6) is 0.387. The second-order valence-electron chi connectivity index (χ2n) is 7.06. The zero-order valence-electron chi connectivity index (χ0n) is 16.5. The number of hydrogen-bond acceptors (Lipinski definition) is 6. The molecule has 1 aliphatic heterocycles. The quantitative estimate of drug-likeness (QED) is 0.652. The van der Waals surface area contributed by atoms with Crippen LogP contribution in [0.15, 0.2) is 42.5 Å². The average Bonchev–Trinajstić information content (AvgIpc) is 2.72. The molecule has 0 saturated carbocycles. The van der Waals surface area contributed by atoms with Gasteiger partial charge in [-0.2, -0.15) is 0 Å². The largest absolute Gasteiger partial charge is 0.494 e. The minimum absolute atomic E-state index is 0.356. The van der Waals surface area contributed by atoms with Crippen LogP contribution in [-0.2, 0) is 15.9 Å². The molecule has 1 heterocycles. The first-order valence-electron chi connectivity index (χ1n) is 9.63. The maximum atomic E-state index is 14.4. The van der Waals surface area contributed by atoms with Crippen LogP contribution in [-0.4, -0.2) is 60.1 Å². The minimum Gasteiger partial charge on any atom is -0.494 e. The van der Waals surface area contributed by atoms with E-state index in [4.69, 9.17) is 14.2 Å². The molecule has 5 unspecified atom stereocenters. The lowest BCUT2D eigenvalue weighted by molar-refractivity contribution is -0.238. The monoisotopic (exact) mass is 406 g/mol. The molecular weight excluding hydrogens is 379 g/mol. The van der Waals surface area contributed by atoms with Crippen LogP contribution in [0.3, 0.4) is 0 Å². The van der Waals surface area contributed by atoms with Gasteiger partial charge in [0.15, 0.2) is 0 Å². The number of aliphatic hydroxyl groups excluding tert-OH is 3. The number of aliphatic hydroxyl groups is 3. The van der Waals surface area contributed by atoms with Gasteiger partial charge in [0.2, 0.25) is 0 Å². The van der Waals surface area contributed by atoms with E-state index in [1.165, 1.54) is 19.2 Å². The molecule has 0 aliphatic carbocycles. The predicted octanol–water partition coefficient (Wildman–Crippen LogP) is 1.98. The Bertz CT molecular complexity index is 796. The van der Waals surface area contributed by atoms with E-state index >= 15 is 0 Å². The van der Waals surface area contributed by atoms with Crippen LogP contribution in [0.1, 0.15) is 29.7 Å². The highest BCUT2D eigenvalue weighted by Crippen LogP contribution is 2.34. The summed E-state index contributed by atoms with van der Waals surface area (Å²) in [6.45, 7) is 2.06. The third kappa shape index (κ3) is 4.76. The molecule has 0 bridgehead atoms. The van der Waals surface area contributed by atoms with Gasteiger partial charge < -0.3 is 29.5 Å². The molecule has 0 aromatic heterocycles. The molecule has 0 amide bonds. The van der Waals surface area contributed by atoms with Crippen LogP contribution in [0.25, 0.3) is 0 Å². The van der Waals surface area contributed by atoms with Gasteiger partial charge in [0.1, 0.15) is 42.1 Å². The van der Waals surface area contributed by atoms with Crippen molar-refractivity contribution in [1.82, 2.24) is 0 Å². The van der Waals surface area contributed by atoms with Crippen LogP contribution in [0.5, 0.6) is 5.75 Å². The fourth-order valence-electron chi connectivity index (χ4n) is 3.64. The van der Waals surface area contributed by atoms with Crippen molar-refractivity contribution in [2.75, 3.05) is 20.3 Å². The third-order valence-electron chi connectivity index (χ3n) is 5.17. The summed E-state index contributed by atoms with van der Waals surface area (Å²) in [6, 6.07) is 11.9. The standard InChI is InChI=1S/C22H27FO6/c1-3-28-16-7-4-13(5-8-16)10-15-11-14(6-9-17(15)23)21-20(26)22(27-2)19(25)18(12-24)29-21/h4-9,11,18-22,24-26H,3,10,12H2,1-2H3. The molecule has 2 aromatic rings. The van der Waals surface area contributed by atoms with Gasteiger partial charge in [-0.15, -0.1) is 0 Å². The zero-order valence-corrected chi connectivity index (χ0v) is 16.5. The van der Waals surface area contributed by atoms with E-state index in [-0.39, 0.29) is 5.82 Å². The third-order valence-corrected chi connectivity index (χ3v) is 5.17. The number of hydrogen-bond donors (Lipinski definition) is 3. The van der Waals surface area contributed by atoms with Gasteiger partial charge in [0, 0.05) is 13.5 Å². The summed E-state index contributed by atoms with van der Waals surface area (Å²) >= 11 is 0. The lowest BCUT2D eigenvalue weighted by Gasteiger charge is -2.41. The number of benzene rings is 2. The number of rotatable bonds is 7. The van der Waals surface area contributed by atoms with Crippen LogP contribution in [0, 0.1) is 5.82 Å². The Hall–Kier alpha value is -2.03. The van der Waals surface area contributed by atoms with Gasteiger partial charge in [-0.25, -0.2) is 4.39 Å². The van der Waals surface area contributed by atoms with Gasteiger partial charge in [0.25, 0.3) is 0 Å². The smallest absolute Gasteiger partial charge is 0.126 e. The maximum Gasteiger partial charge on any atom is 0.126 e. The summed E-state index contributed by atoms with van der Waals surface area (Å²) in [6.07, 6.45) is -4.67. The lowest BCUT2D eigenvalue weighted by Crippen LogP contribution is -2.56. The van der Waals surface area contributed by atoms with Crippen molar-refractivity contribution >= 4 is 0 Å². The van der Waals surface area contributed by atoms with Crippen molar-refractivity contribution in [2.24, 2.45) is 0 Å². The van der Waals surface area contributed by atoms with Crippen molar-refractivity contribution < 1.29 is 33.9 Å². The molecule has 158 valence electrons. The number of methoxy groups -OCH3 is 1. The van der Waals surface area contributed by atoms with Gasteiger partial charge >= 0.3 is 0 Å². The van der Waals surface area contributed by atoms with Gasteiger partial charge in [-0.3, -0.25) is 0 Å². The summed E-state index contributed by atoms with van der Waals surface area (Å²) < 4.78 is 30.8. The van der Waals surface area contributed by atoms with Crippen LogP contribution < -0.4 is 4.74 Å². The van der Waals surface area contributed by atoms with E-state index in [0.29, 0.717) is 24.2 Å². The normalized spacial score (nSPS) is 27.0. The fourth-order valence-corrected chi connectivity index (χ4v) is 3.64. The molecular formula is C22H27FO6. The lowest BCUT2D eigenvalue weighted by atomic mass is 9.90. The topological polar surface area (TPSA) is 88.4 Å². The Balaban J connectivity index is 1.84. The van der Waals surface area contributed by atoms with Crippen LogP contribution in [0.4, 0.5) is 4.39 Å². The SMILES string of the molecule is CCOc1ccc(Cc2cc(C3OC(CO)C(O)C(OC)C3O)ccc2F)cc1. The van der Waals surface area contributed by atoms with Crippen LogP contribution >= 0.6 is 0 Å². The van der Waals surface area contributed by atoms with Gasteiger partial charge in [0.05, 0.1) is 13.2 Å². The van der Waals surface area contributed by atoms with Crippen molar-refractivity contribution in [1.29, 1.82) is 0 Å². The molecule has 3 rings (SSSR count). The second kappa shape index (κ2) is 9.65. The number of ether oxygens (including phenoxy) is 3. The summed E-state index contributed by atoms with van der Waals surface area (Å²) in [5, 5.41) is 30.3. The summed E-state index contributed by atoms with van der Waals surface area (Å²) in [7, 11) is 1.37. The Kier molecular flexibility index (Phi) is 7.21.